The van der Waals surface area contributed by atoms with E-state index in [1.807, 2.05) is 0 Å². The lowest BCUT2D eigenvalue weighted by molar-refractivity contribution is -0.157. The highest BCUT2D eigenvalue weighted by molar-refractivity contribution is 7.90. The van der Waals surface area contributed by atoms with E-state index in [-0.39, 0.29) is 11.8 Å². The van der Waals surface area contributed by atoms with Gasteiger partial charge in [-0.05, 0) is 19.3 Å². The first kappa shape index (κ1) is 11.2. The summed E-state index contributed by atoms with van der Waals surface area (Å²) in [6.45, 7) is -2.45. The van der Waals surface area contributed by atoms with Crippen LogP contribution >= 0.6 is 0 Å². The number of sulfonamides is 1. The van der Waals surface area contributed by atoms with Crippen molar-refractivity contribution in [1.29, 1.82) is 0 Å². The van der Waals surface area contributed by atoms with Gasteiger partial charge in [0.25, 0.3) is 0 Å². The topological polar surface area (TPSA) is 46.6 Å². The van der Waals surface area contributed by atoms with E-state index in [1.165, 1.54) is 4.31 Å². The van der Waals surface area contributed by atoms with Crippen molar-refractivity contribution in [1.82, 2.24) is 4.31 Å². The number of rotatable bonds is 4. The maximum Gasteiger partial charge on any atom is 0.345 e. The molecule has 0 bridgehead atoms. The number of ether oxygens (including phenoxy) is 1. The van der Waals surface area contributed by atoms with Crippen molar-refractivity contribution < 1.29 is 21.9 Å². The Bertz CT molecular complexity index is 329. The highest BCUT2D eigenvalue weighted by Crippen LogP contribution is 2.33. The molecule has 88 valence electrons. The molecule has 0 spiro atoms. The molecule has 15 heavy (non-hydrogen) atoms. The van der Waals surface area contributed by atoms with E-state index in [0.29, 0.717) is 25.8 Å². The molecule has 1 aliphatic carbocycles. The van der Waals surface area contributed by atoms with Gasteiger partial charge in [0, 0.05) is 13.1 Å². The Morgan fingerprint density at radius 1 is 1.27 bits per heavy atom. The predicted octanol–water partition coefficient (Wildman–Crippen LogP) is 0.792. The monoisotopic (exact) mass is 241 g/mol. The Kier molecular flexibility index (Phi) is 2.96. The zero-order valence-electron chi connectivity index (χ0n) is 8.10. The molecule has 1 saturated carbocycles. The summed E-state index contributed by atoms with van der Waals surface area (Å²) in [5, 5.41) is -0.275. The molecular weight excluding hydrogens is 228 g/mol. The Morgan fingerprint density at radius 2 is 1.93 bits per heavy atom. The fraction of sp³-hybridized carbons (Fsp3) is 1.00. The first-order valence-corrected chi connectivity index (χ1v) is 6.43. The lowest BCUT2D eigenvalue weighted by atomic mass is 10.3. The number of halogens is 2. The molecule has 1 saturated heterocycles. The van der Waals surface area contributed by atoms with E-state index in [0.717, 1.165) is 0 Å². The minimum atomic E-state index is -3.23. The second kappa shape index (κ2) is 3.95. The third-order valence-electron chi connectivity index (χ3n) is 2.71. The summed E-state index contributed by atoms with van der Waals surface area (Å²) in [5.41, 5.74) is 0. The molecule has 0 radical (unpaired) electrons. The number of hydrogen-bond donors (Lipinski definition) is 0. The maximum atomic E-state index is 11.9. The fourth-order valence-electron chi connectivity index (χ4n) is 1.76. The summed E-state index contributed by atoms with van der Waals surface area (Å²) in [6.07, 6.45) is 1.09. The maximum absolute atomic E-state index is 11.9. The van der Waals surface area contributed by atoms with Crippen LogP contribution in [0.4, 0.5) is 8.78 Å². The molecule has 1 atom stereocenters. The molecule has 0 N–H and O–H groups in total. The second-order valence-electron chi connectivity index (χ2n) is 3.91. The summed E-state index contributed by atoms with van der Waals surface area (Å²) < 4.78 is 52.8. The summed E-state index contributed by atoms with van der Waals surface area (Å²) in [7, 11) is -3.23. The molecule has 2 fully saturated rings. The van der Waals surface area contributed by atoms with E-state index in [1.54, 1.807) is 0 Å². The van der Waals surface area contributed by atoms with Gasteiger partial charge in [0.05, 0.1) is 11.4 Å². The third-order valence-corrected chi connectivity index (χ3v) is 5.07. The van der Waals surface area contributed by atoms with Crippen molar-refractivity contribution in [3.05, 3.63) is 0 Å². The van der Waals surface area contributed by atoms with Gasteiger partial charge in [0.1, 0.15) is 0 Å². The van der Waals surface area contributed by atoms with Gasteiger partial charge in [-0.15, -0.1) is 0 Å². The van der Waals surface area contributed by atoms with Crippen molar-refractivity contribution in [3.63, 3.8) is 0 Å². The van der Waals surface area contributed by atoms with Crippen molar-refractivity contribution in [2.24, 2.45) is 0 Å². The fourth-order valence-corrected chi connectivity index (χ4v) is 3.65. The average Bonchev–Trinajstić information content (AvgIpc) is 2.88. The molecule has 1 aliphatic heterocycles. The standard InChI is InChI=1S/C8H13F2NO3S/c9-8(10)14-6-3-4-11(5-6)15(12,13)7-1-2-7/h6-8H,1-5H2. The van der Waals surface area contributed by atoms with E-state index in [2.05, 4.69) is 4.74 Å². The molecule has 1 heterocycles. The van der Waals surface area contributed by atoms with Crippen molar-refractivity contribution >= 4 is 10.0 Å². The smallest absolute Gasteiger partial charge is 0.318 e. The van der Waals surface area contributed by atoms with Crippen LogP contribution in [0.15, 0.2) is 0 Å². The molecule has 2 rings (SSSR count). The number of nitrogens with zero attached hydrogens (tertiary/aromatic N) is 1. The Hall–Kier alpha value is -0.270. The quantitative estimate of drug-likeness (QED) is 0.731. The van der Waals surface area contributed by atoms with Crippen LogP contribution in [0.25, 0.3) is 0 Å². The predicted molar refractivity (Wildman–Crippen MR) is 49.0 cm³/mol. The minimum absolute atomic E-state index is 0.0726. The molecule has 0 amide bonds. The van der Waals surface area contributed by atoms with Gasteiger partial charge in [-0.25, -0.2) is 8.42 Å². The lowest BCUT2D eigenvalue weighted by Crippen LogP contribution is -2.33. The van der Waals surface area contributed by atoms with Crippen LogP contribution in [0, 0.1) is 0 Å². The summed E-state index contributed by atoms with van der Waals surface area (Å²) in [5.74, 6) is 0. The molecule has 4 nitrogen and oxygen atoms in total. The van der Waals surface area contributed by atoms with Crippen LogP contribution in [0.5, 0.6) is 0 Å². The highest BCUT2D eigenvalue weighted by Gasteiger charge is 2.43. The molecule has 1 unspecified atom stereocenters. The van der Waals surface area contributed by atoms with Crippen LogP contribution in [0.1, 0.15) is 19.3 Å². The van der Waals surface area contributed by atoms with E-state index in [4.69, 9.17) is 0 Å². The van der Waals surface area contributed by atoms with Crippen molar-refractivity contribution in [3.8, 4) is 0 Å². The minimum Gasteiger partial charge on any atom is -0.318 e. The van der Waals surface area contributed by atoms with Gasteiger partial charge < -0.3 is 4.74 Å². The van der Waals surface area contributed by atoms with Gasteiger partial charge in [-0.2, -0.15) is 13.1 Å². The number of alkyl halides is 2. The van der Waals surface area contributed by atoms with Crippen molar-refractivity contribution in [2.45, 2.75) is 37.2 Å². The molecule has 0 aromatic rings. The molecule has 2 aliphatic rings. The van der Waals surface area contributed by atoms with Gasteiger partial charge >= 0.3 is 6.61 Å². The number of hydrogen-bond acceptors (Lipinski definition) is 3. The molecule has 7 heteroatoms. The van der Waals surface area contributed by atoms with Crippen LogP contribution < -0.4 is 0 Å². The zero-order valence-corrected chi connectivity index (χ0v) is 8.92. The molecule has 0 aromatic carbocycles. The summed E-state index contributed by atoms with van der Waals surface area (Å²) in [6, 6.07) is 0. The molecule has 0 aromatic heterocycles. The summed E-state index contributed by atoms with van der Waals surface area (Å²) >= 11 is 0. The Morgan fingerprint density at radius 3 is 2.47 bits per heavy atom. The van der Waals surface area contributed by atoms with E-state index >= 15 is 0 Å². The highest BCUT2D eigenvalue weighted by atomic mass is 32.2. The lowest BCUT2D eigenvalue weighted by Gasteiger charge is -2.15. The first-order valence-electron chi connectivity index (χ1n) is 4.92. The first-order chi connectivity index (χ1) is 7.00. The van der Waals surface area contributed by atoms with Gasteiger partial charge in [0.2, 0.25) is 10.0 Å². The van der Waals surface area contributed by atoms with E-state index < -0.39 is 22.7 Å². The summed E-state index contributed by atoms with van der Waals surface area (Å²) in [4.78, 5) is 0. The Balaban J connectivity index is 1.92. The van der Waals surface area contributed by atoms with E-state index in [9.17, 15) is 17.2 Å². The van der Waals surface area contributed by atoms with Crippen LogP contribution in [0.3, 0.4) is 0 Å². The van der Waals surface area contributed by atoms with Gasteiger partial charge in [-0.3, -0.25) is 0 Å². The van der Waals surface area contributed by atoms with Crippen molar-refractivity contribution in [2.75, 3.05) is 13.1 Å². The van der Waals surface area contributed by atoms with Gasteiger partial charge in [0.15, 0.2) is 0 Å². The van der Waals surface area contributed by atoms with Gasteiger partial charge in [-0.1, -0.05) is 0 Å². The largest absolute Gasteiger partial charge is 0.345 e. The third kappa shape index (κ3) is 2.46. The Labute approximate surface area is 87.2 Å². The average molecular weight is 241 g/mol. The zero-order chi connectivity index (χ0) is 11.1. The van der Waals surface area contributed by atoms with Crippen LogP contribution in [-0.2, 0) is 14.8 Å². The van der Waals surface area contributed by atoms with Crippen LogP contribution in [-0.4, -0.2) is 43.8 Å². The SMILES string of the molecule is O=S(=O)(C1CC1)N1CCC(OC(F)F)C1. The van der Waals surface area contributed by atoms with Crippen LogP contribution in [0.2, 0.25) is 0 Å². The normalized spacial score (nSPS) is 28.9. The second-order valence-corrected chi connectivity index (χ2v) is 6.12. The molecular formula is C8H13F2NO3S.